The number of nitrogens with one attached hydrogen (secondary N) is 1. The molecule has 9 nitrogen and oxygen atoms in total. The van der Waals surface area contributed by atoms with Gasteiger partial charge in [0.15, 0.2) is 5.82 Å². The predicted molar refractivity (Wildman–Crippen MR) is 89.7 cm³/mol. The first-order valence-electron chi connectivity index (χ1n) is 7.07. The van der Waals surface area contributed by atoms with Gasteiger partial charge in [-0.15, -0.1) is 10.2 Å². The highest BCUT2D eigenvalue weighted by atomic mass is 32.2. The van der Waals surface area contributed by atoms with Crippen LogP contribution in [0.1, 0.15) is 13.8 Å². The second kappa shape index (κ2) is 7.26. The van der Waals surface area contributed by atoms with Crippen LogP contribution in [0, 0.1) is 0 Å². The van der Waals surface area contributed by atoms with E-state index in [-0.39, 0.29) is 22.5 Å². The number of nitrogens with zero attached hydrogens (tertiary/aromatic N) is 3. The molecule has 0 saturated carbocycles. The zero-order chi connectivity index (χ0) is 18.6. The fourth-order valence-electron chi connectivity index (χ4n) is 2.00. The lowest BCUT2D eigenvalue weighted by Gasteiger charge is -2.19. The Balaban J connectivity index is 2.41. The van der Waals surface area contributed by atoms with Crippen molar-refractivity contribution < 1.29 is 22.7 Å². The summed E-state index contributed by atoms with van der Waals surface area (Å²) in [5.74, 6) is -0.997. The van der Waals surface area contributed by atoms with Gasteiger partial charge in [0.2, 0.25) is 17.7 Å². The van der Waals surface area contributed by atoms with E-state index in [1.54, 1.807) is 0 Å². The molecule has 2 rings (SSSR count). The van der Waals surface area contributed by atoms with Gasteiger partial charge >= 0.3 is 0 Å². The number of anilines is 2. The Morgan fingerprint density at radius 1 is 1.04 bits per heavy atom. The van der Waals surface area contributed by atoms with E-state index in [0.29, 0.717) is 9.99 Å². The molecule has 0 unspecified atom stereocenters. The van der Waals surface area contributed by atoms with Gasteiger partial charge in [-0.1, -0.05) is 0 Å². The highest BCUT2D eigenvalue weighted by Crippen LogP contribution is 2.24. The molecule has 1 aromatic carbocycles. The van der Waals surface area contributed by atoms with Crippen LogP contribution in [0.2, 0.25) is 0 Å². The summed E-state index contributed by atoms with van der Waals surface area (Å²) in [5, 5.41) is 9.92. The van der Waals surface area contributed by atoms with Crippen LogP contribution in [0.15, 0.2) is 41.3 Å². The fraction of sp³-hybridized carbons (Fsp3) is 0.200. The van der Waals surface area contributed by atoms with Gasteiger partial charge in [0.05, 0.1) is 12.0 Å². The fourth-order valence-corrected chi connectivity index (χ4v) is 3.38. The predicted octanol–water partition coefficient (Wildman–Crippen LogP) is 1.19. The molecular weight excluding hydrogens is 348 g/mol. The molecule has 25 heavy (non-hydrogen) atoms. The van der Waals surface area contributed by atoms with Gasteiger partial charge in [-0.2, -0.15) is 4.31 Å². The van der Waals surface area contributed by atoms with Crippen molar-refractivity contribution >= 4 is 33.3 Å². The number of hydrogen-bond acceptors (Lipinski definition) is 7. The molecule has 0 spiro atoms. The van der Waals surface area contributed by atoms with Gasteiger partial charge in [-0.3, -0.25) is 9.59 Å². The molecule has 1 heterocycles. The zero-order valence-electron chi connectivity index (χ0n) is 13.8. The maximum atomic E-state index is 12.8. The second-order valence-electron chi connectivity index (χ2n) is 4.93. The summed E-state index contributed by atoms with van der Waals surface area (Å²) in [7, 11) is -2.80. The summed E-state index contributed by atoms with van der Waals surface area (Å²) >= 11 is 0. The summed E-state index contributed by atoms with van der Waals surface area (Å²) in [6.07, 6.45) is 0. The SMILES string of the molecule is COc1ccc(N(C(C)=O)S(=O)(=O)c2ccc(NC(C)=O)cc2)nn1. The average molecular weight is 364 g/mol. The Hall–Kier alpha value is -3.01. The lowest BCUT2D eigenvalue weighted by atomic mass is 10.3. The molecule has 0 radical (unpaired) electrons. The minimum absolute atomic E-state index is 0.130. The molecule has 0 aliphatic carbocycles. The first-order valence-corrected chi connectivity index (χ1v) is 8.51. The Morgan fingerprint density at radius 2 is 1.68 bits per heavy atom. The lowest BCUT2D eigenvalue weighted by molar-refractivity contribution is -0.115. The van der Waals surface area contributed by atoms with Crippen molar-refractivity contribution in [3.63, 3.8) is 0 Å². The number of carbonyl (C=O) groups is 2. The van der Waals surface area contributed by atoms with E-state index in [4.69, 9.17) is 4.74 Å². The number of benzene rings is 1. The van der Waals surface area contributed by atoms with Crippen LogP contribution >= 0.6 is 0 Å². The maximum absolute atomic E-state index is 12.8. The summed E-state index contributed by atoms with van der Waals surface area (Å²) in [6.45, 7) is 2.44. The van der Waals surface area contributed by atoms with Crippen LogP contribution in [-0.2, 0) is 19.6 Å². The highest BCUT2D eigenvalue weighted by Gasteiger charge is 2.30. The first kappa shape index (κ1) is 18.3. The van der Waals surface area contributed by atoms with Gasteiger partial charge in [-0.05, 0) is 30.3 Å². The molecule has 0 fully saturated rings. The number of amides is 2. The van der Waals surface area contributed by atoms with Crippen molar-refractivity contribution in [2.75, 3.05) is 16.7 Å². The van der Waals surface area contributed by atoms with Crippen LogP contribution in [0.25, 0.3) is 0 Å². The van der Waals surface area contributed by atoms with Crippen molar-refractivity contribution in [1.82, 2.24) is 10.2 Å². The Morgan fingerprint density at radius 3 is 2.12 bits per heavy atom. The van der Waals surface area contributed by atoms with Gasteiger partial charge < -0.3 is 10.1 Å². The van der Waals surface area contributed by atoms with Crippen molar-refractivity contribution in [1.29, 1.82) is 0 Å². The largest absolute Gasteiger partial charge is 0.480 e. The smallest absolute Gasteiger partial charge is 0.272 e. The summed E-state index contributed by atoms with van der Waals surface area (Å²) in [5.41, 5.74) is 0.435. The van der Waals surface area contributed by atoms with E-state index >= 15 is 0 Å². The number of aromatic nitrogens is 2. The molecule has 0 saturated heterocycles. The first-order chi connectivity index (χ1) is 11.8. The number of methoxy groups -OCH3 is 1. The van der Waals surface area contributed by atoms with E-state index in [0.717, 1.165) is 6.92 Å². The third-order valence-electron chi connectivity index (χ3n) is 3.04. The van der Waals surface area contributed by atoms with Gasteiger partial charge in [0, 0.05) is 25.6 Å². The monoisotopic (exact) mass is 364 g/mol. The Bertz CT molecular complexity index is 879. The van der Waals surface area contributed by atoms with Crippen molar-refractivity contribution in [3.8, 4) is 5.88 Å². The molecule has 0 bridgehead atoms. The van der Waals surface area contributed by atoms with E-state index in [2.05, 4.69) is 15.5 Å². The summed E-state index contributed by atoms with van der Waals surface area (Å²) in [6, 6.07) is 8.13. The van der Waals surface area contributed by atoms with Crippen LogP contribution in [0.5, 0.6) is 5.88 Å². The van der Waals surface area contributed by atoms with Crippen LogP contribution in [0.3, 0.4) is 0 Å². The summed E-state index contributed by atoms with van der Waals surface area (Å²) in [4.78, 5) is 22.8. The molecule has 0 aliphatic rings. The van der Waals surface area contributed by atoms with E-state index in [9.17, 15) is 18.0 Å². The highest BCUT2D eigenvalue weighted by molar-refractivity contribution is 7.93. The number of sulfonamides is 1. The topological polar surface area (TPSA) is 119 Å². The molecule has 1 aromatic heterocycles. The number of rotatable bonds is 5. The van der Waals surface area contributed by atoms with Crippen LogP contribution in [-0.4, -0.2) is 37.5 Å². The minimum atomic E-state index is -4.19. The third-order valence-corrected chi connectivity index (χ3v) is 4.83. The van der Waals surface area contributed by atoms with Crippen LogP contribution in [0.4, 0.5) is 11.5 Å². The third kappa shape index (κ3) is 4.10. The van der Waals surface area contributed by atoms with Crippen molar-refractivity contribution in [2.45, 2.75) is 18.7 Å². The van der Waals surface area contributed by atoms with Gasteiger partial charge in [-0.25, -0.2) is 8.42 Å². The molecule has 10 heteroatoms. The molecule has 1 N–H and O–H groups in total. The maximum Gasteiger partial charge on any atom is 0.272 e. The summed E-state index contributed by atoms with van der Waals surface area (Å²) < 4.78 is 31.0. The zero-order valence-corrected chi connectivity index (χ0v) is 14.6. The van der Waals surface area contributed by atoms with Crippen molar-refractivity contribution in [3.05, 3.63) is 36.4 Å². The number of hydrogen-bond donors (Lipinski definition) is 1. The second-order valence-corrected chi connectivity index (χ2v) is 6.71. The normalized spacial score (nSPS) is 10.8. The lowest BCUT2D eigenvalue weighted by Crippen LogP contribution is -2.36. The molecule has 0 atom stereocenters. The van der Waals surface area contributed by atoms with Gasteiger partial charge in [0.1, 0.15) is 0 Å². The van der Waals surface area contributed by atoms with Crippen molar-refractivity contribution in [2.24, 2.45) is 0 Å². The quantitative estimate of drug-likeness (QED) is 0.846. The molecule has 0 aliphatic heterocycles. The molecule has 2 aromatic rings. The average Bonchev–Trinajstić information content (AvgIpc) is 2.55. The Labute approximate surface area is 144 Å². The number of ether oxygens (including phenoxy) is 1. The Kier molecular flexibility index (Phi) is 5.32. The molecular formula is C15H16N4O5S. The van der Waals surface area contributed by atoms with E-state index < -0.39 is 15.9 Å². The minimum Gasteiger partial charge on any atom is -0.480 e. The van der Waals surface area contributed by atoms with E-state index in [1.807, 2.05) is 0 Å². The standard InChI is InChI=1S/C15H16N4O5S/c1-10(20)16-12-4-6-13(7-5-12)25(22,23)19(11(2)21)14-8-9-15(24-3)18-17-14/h4-9H,1-3H3,(H,16,20). The van der Waals surface area contributed by atoms with Gasteiger partial charge in [0.25, 0.3) is 10.0 Å². The van der Waals surface area contributed by atoms with E-state index in [1.165, 1.54) is 50.4 Å². The number of carbonyl (C=O) groups excluding carboxylic acids is 2. The molecule has 132 valence electrons. The molecule has 2 amide bonds. The van der Waals surface area contributed by atoms with Crippen LogP contribution < -0.4 is 14.4 Å².